The first-order valence-electron chi connectivity index (χ1n) is 8.56. The molecule has 2 amide bonds. The molecule has 0 bridgehead atoms. The minimum absolute atomic E-state index is 0.169. The summed E-state index contributed by atoms with van der Waals surface area (Å²) in [6.45, 7) is 2.76. The monoisotopic (exact) mass is 353 g/mol. The van der Waals surface area contributed by atoms with Gasteiger partial charge >= 0.3 is 0 Å². The second kappa shape index (κ2) is 7.86. The zero-order valence-corrected chi connectivity index (χ0v) is 15.1. The summed E-state index contributed by atoms with van der Waals surface area (Å²) in [4.78, 5) is 33.6. The first-order chi connectivity index (χ1) is 12.6. The van der Waals surface area contributed by atoms with Crippen LogP contribution in [-0.4, -0.2) is 62.5 Å². The highest BCUT2D eigenvalue weighted by atomic mass is 16.1. The molecule has 0 unspecified atom stereocenters. The van der Waals surface area contributed by atoms with Crippen LogP contribution in [0.25, 0.3) is 0 Å². The van der Waals surface area contributed by atoms with Gasteiger partial charge in [-0.2, -0.15) is 0 Å². The number of rotatable bonds is 5. The van der Waals surface area contributed by atoms with Crippen LogP contribution in [0, 0.1) is 0 Å². The van der Waals surface area contributed by atoms with Crippen molar-refractivity contribution in [2.75, 3.05) is 55.4 Å². The number of aromatic nitrogens is 1. The fourth-order valence-corrected chi connectivity index (χ4v) is 2.84. The van der Waals surface area contributed by atoms with E-state index < -0.39 is 0 Å². The molecule has 0 atom stereocenters. The highest BCUT2D eigenvalue weighted by Crippen LogP contribution is 2.18. The summed E-state index contributed by atoms with van der Waals surface area (Å²) in [6, 6.07) is 11.2. The van der Waals surface area contributed by atoms with Crippen molar-refractivity contribution in [2.45, 2.75) is 0 Å². The molecule has 1 aromatic carbocycles. The molecule has 1 saturated heterocycles. The largest absolute Gasteiger partial charge is 0.378 e. The van der Waals surface area contributed by atoms with Crippen molar-refractivity contribution in [3.8, 4) is 0 Å². The zero-order chi connectivity index (χ0) is 18.5. The summed E-state index contributed by atoms with van der Waals surface area (Å²) in [5.74, 6) is 0.587. The minimum atomic E-state index is -0.169. The molecule has 1 N–H and O–H groups in total. The van der Waals surface area contributed by atoms with E-state index in [-0.39, 0.29) is 5.91 Å². The van der Waals surface area contributed by atoms with E-state index in [1.165, 1.54) is 0 Å². The SMILES string of the molecule is CN(C)c1ccc(NC(=O)c2ccnc(N3CCN(C=O)CC3)c2)cc1. The highest BCUT2D eigenvalue weighted by Gasteiger charge is 2.18. The number of carbonyl (C=O) groups is 2. The molecule has 0 saturated carbocycles. The van der Waals surface area contributed by atoms with Gasteiger partial charge in [0.05, 0.1) is 0 Å². The van der Waals surface area contributed by atoms with E-state index in [0.29, 0.717) is 31.7 Å². The number of anilines is 3. The molecule has 0 radical (unpaired) electrons. The van der Waals surface area contributed by atoms with Gasteiger partial charge in [0.2, 0.25) is 6.41 Å². The molecule has 3 rings (SSSR count). The third-order valence-electron chi connectivity index (χ3n) is 4.44. The molecule has 0 aliphatic carbocycles. The van der Waals surface area contributed by atoms with Crippen LogP contribution in [0.1, 0.15) is 10.4 Å². The molecule has 1 aromatic heterocycles. The van der Waals surface area contributed by atoms with Gasteiger partial charge in [0.25, 0.3) is 5.91 Å². The maximum atomic E-state index is 12.5. The molecule has 7 nitrogen and oxygen atoms in total. The number of hydrogen-bond acceptors (Lipinski definition) is 5. The third kappa shape index (κ3) is 4.11. The average Bonchev–Trinajstić information content (AvgIpc) is 2.68. The van der Waals surface area contributed by atoms with Crippen LogP contribution in [0.4, 0.5) is 17.2 Å². The Hall–Kier alpha value is -3.09. The molecule has 7 heteroatoms. The lowest BCUT2D eigenvalue weighted by atomic mass is 10.2. The van der Waals surface area contributed by atoms with Crippen LogP contribution in [0.3, 0.4) is 0 Å². The van der Waals surface area contributed by atoms with E-state index in [9.17, 15) is 9.59 Å². The van der Waals surface area contributed by atoms with Crippen molar-refractivity contribution >= 4 is 29.5 Å². The number of carbonyl (C=O) groups excluding carboxylic acids is 2. The van der Waals surface area contributed by atoms with Gasteiger partial charge in [-0.1, -0.05) is 0 Å². The molecule has 2 heterocycles. The Morgan fingerprint density at radius 2 is 1.81 bits per heavy atom. The lowest BCUT2D eigenvalue weighted by Crippen LogP contribution is -2.46. The third-order valence-corrected chi connectivity index (χ3v) is 4.44. The van der Waals surface area contributed by atoms with Gasteiger partial charge < -0.3 is 20.0 Å². The van der Waals surface area contributed by atoms with Crippen LogP contribution in [0.15, 0.2) is 42.6 Å². The quantitative estimate of drug-likeness (QED) is 0.829. The maximum Gasteiger partial charge on any atom is 0.255 e. The van der Waals surface area contributed by atoms with Crippen LogP contribution in [-0.2, 0) is 4.79 Å². The highest BCUT2D eigenvalue weighted by molar-refractivity contribution is 6.04. The zero-order valence-electron chi connectivity index (χ0n) is 15.1. The predicted molar refractivity (Wildman–Crippen MR) is 103 cm³/mol. The number of pyridine rings is 1. The Morgan fingerprint density at radius 1 is 1.12 bits per heavy atom. The summed E-state index contributed by atoms with van der Waals surface area (Å²) < 4.78 is 0. The summed E-state index contributed by atoms with van der Waals surface area (Å²) >= 11 is 0. The summed E-state index contributed by atoms with van der Waals surface area (Å²) in [5.41, 5.74) is 2.38. The van der Waals surface area contributed by atoms with Crippen LogP contribution in [0.5, 0.6) is 0 Å². The Morgan fingerprint density at radius 3 is 2.42 bits per heavy atom. The van der Waals surface area contributed by atoms with Gasteiger partial charge in [-0.3, -0.25) is 9.59 Å². The second-order valence-electron chi connectivity index (χ2n) is 6.43. The Kier molecular flexibility index (Phi) is 5.36. The van der Waals surface area contributed by atoms with Crippen molar-refractivity contribution < 1.29 is 9.59 Å². The standard InChI is InChI=1S/C19H23N5O2/c1-22(2)17-5-3-16(4-6-17)21-19(26)15-7-8-20-18(13-15)24-11-9-23(14-25)10-12-24/h3-8,13-14H,9-12H2,1-2H3,(H,21,26). The summed E-state index contributed by atoms with van der Waals surface area (Å²) in [7, 11) is 3.95. The first-order valence-corrected chi connectivity index (χ1v) is 8.56. The molecule has 1 fully saturated rings. The predicted octanol–water partition coefficient (Wildman–Crippen LogP) is 1.68. The van der Waals surface area contributed by atoms with Gasteiger partial charge in [0, 0.05) is 63.4 Å². The van der Waals surface area contributed by atoms with Crippen molar-refractivity contribution in [1.29, 1.82) is 0 Å². The molecular formula is C19H23N5O2. The molecule has 136 valence electrons. The Labute approximate surface area is 153 Å². The normalized spacial score (nSPS) is 14.1. The minimum Gasteiger partial charge on any atom is -0.378 e. The topological polar surface area (TPSA) is 68.8 Å². The van der Waals surface area contributed by atoms with E-state index in [0.717, 1.165) is 23.6 Å². The molecule has 0 spiro atoms. The first kappa shape index (κ1) is 17.7. The molecular weight excluding hydrogens is 330 g/mol. The van der Waals surface area contributed by atoms with Crippen LogP contribution >= 0.6 is 0 Å². The van der Waals surface area contributed by atoms with Gasteiger partial charge in [0.15, 0.2) is 0 Å². The molecule has 1 aliphatic heterocycles. The van der Waals surface area contributed by atoms with Crippen molar-refractivity contribution in [3.05, 3.63) is 48.2 Å². The van der Waals surface area contributed by atoms with Crippen molar-refractivity contribution in [2.24, 2.45) is 0 Å². The molecule has 2 aromatic rings. The number of piperazine rings is 1. The number of benzene rings is 1. The molecule has 26 heavy (non-hydrogen) atoms. The lowest BCUT2D eigenvalue weighted by molar-refractivity contribution is -0.118. The molecule has 1 aliphatic rings. The summed E-state index contributed by atoms with van der Waals surface area (Å²) in [5, 5.41) is 2.91. The lowest BCUT2D eigenvalue weighted by Gasteiger charge is -2.33. The average molecular weight is 353 g/mol. The second-order valence-corrected chi connectivity index (χ2v) is 6.43. The van der Waals surface area contributed by atoms with Crippen molar-refractivity contribution in [3.63, 3.8) is 0 Å². The Balaban J connectivity index is 1.67. The van der Waals surface area contributed by atoms with E-state index in [1.54, 1.807) is 23.2 Å². The number of nitrogens with zero attached hydrogens (tertiary/aromatic N) is 4. The van der Waals surface area contributed by atoms with E-state index in [4.69, 9.17) is 0 Å². The van der Waals surface area contributed by atoms with E-state index in [1.807, 2.05) is 43.3 Å². The summed E-state index contributed by atoms with van der Waals surface area (Å²) in [6.07, 6.45) is 2.52. The maximum absolute atomic E-state index is 12.5. The number of amides is 2. The Bertz CT molecular complexity index is 768. The number of hydrogen-bond donors (Lipinski definition) is 1. The van der Waals surface area contributed by atoms with Gasteiger partial charge in [-0.05, 0) is 36.4 Å². The fraction of sp³-hybridized carbons (Fsp3) is 0.316. The fourth-order valence-electron chi connectivity index (χ4n) is 2.84. The van der Waals surface area contributed by atoms with Crippen LogP contribution in [0.2, 0.25) is 0 Å². The number of nitrogens with one attached hydrogen (secondary N) is 1. The van der Waals surface area contributed by atoms with Gasteiger partial charge in [-0.15, -0.1) is 0 Å². The van der Waals surface area contributed by atoms with Crippen molar-refractivity contribution in [1.82, 2.24) is 9.88 Å². The van der Waals surface area contributed by atoms with Gasteiger partial charge in [-0.25, -0.2) is 4.98 Å². The smallest absolute Gasteiger partial charge is 0.255 e. The van der Waals surface area contributed by atoms with Gasteiger partial charge in [0.1, 0.15) is 5.82 Å². The van der Waals surface area contributed by atoms with E-state index >= 15 is 0 Å². The van der Waals surface area contributed by atoms with Crippen LogP contribution < -0.4 is 15.1 Å². The van der Waals surface area contributed by atoms with E-state index in [2.05, 4.69) is 15.2 Å².